The van der Waals surface area contributed by atoms with Crippen molar-refractivity contribution in [3.05, 3.63) is 30.3 Å². The van der Waals surface area contributed by atoms with Crippen molar-refractivity contribution >= 4 is 22.4 Å². The largest absolute Gasteiger partial charge is 0.307 e. The lowest BCUT2D eigenvalue weighted by molar-refractivity contribution is -0.130. The molecule has 2 heterocycles. The fraction of sp³-hybridized carbons (Fsp3) is 0.333. The van der Waals surface area contributed by atoms with Gasteiger partial charge in [-0.3, -0.25) is 10.1 Å². The molecule has 1 unspecified atom stereocenters. The normalized spacial score (nSPS) is 20.8. The Morgan fingerprint density at radius 1 is 1.39 bits per heavy atom. The van der Waals surface area contributed by atoms with Crippen molar-refractivity contribution in [1.82, 2.24) is 15.1 Å². The fourth-order valence-corrected chi connectivity index (χ4v) is 3.21. The predicted octanol–water partition coefficient (Wildman–Crippen LogP) is 2.43. The Kier molecular flexibility index (Phi) is 4.21. The summed E-state index contributed by atoms with van der Waals surface area (Å²) in [6.45, 7) is 0.256. The van der Waals surface area contributed by atoms with Gasteiger partial charge in [0.2, 0.25) is 10.8 Å². The molecule has 118 valence electrons. The van der Waals surface area contributed by atoms with Gasteiger partial charge in [-0.15, -0.1) is 10.2 Å². The van der Waals surface area contributed by atoms with Crippen LogP contribution in [-0.2, 0) is 4.79 Å². The maximum absolute atomic E-state index is 14.8. The molecule has 0 saturated carbocycles. The first kappa shape index (κ1) is 15.4. The van der Waals surface area contributed by atoms with Gasteiger partial charge in [-0.2, -0.15) is 5.26 Å². The number of rotatable bonds is 3. The number of carbonyl (C=O) groups is 1. The van der Waals surface area contributed by atoms with E-state index >= 15 is 0 Å². The molecule has 1 saturated heterocycles. The number of likely N-dealkylation sites (tertiary alicyclic amines) is 1. The number of nitrogens with one attached hydrogen (secondary N) is 1. The second-order valence-electron chi connectivity index (χ2n) is 5.32. The van der Waals surface area contributed by atoms with Crippen LogP contribution in [0.2, 0.25) is 0 Å². The summed E-state index contributed by atoms with van der Waals surface area (Å²) in [7, 11) is 0. The number of hydrogen-bond donors (Lipinski definition) is 1. The predicted molar refractivity (Wildman–Crippen MR) is 84.2 cm³/mol. The van der Waals surface area contributed by atoms with E-state index in [1.165, 1.54) is 16.2 Å². The minimum atomic E-state index is -2.08. The van der Waals surface area contributed by atoms with E-state index in [1.807, 2.05) is 36.5 Å². The zero-order chi connectivity index (χ0) is 16.3. The van der Waals surface area contributed by atoms with Crippen LogP contribution in [-0.4, -0.2) is 39.8 Å². The molecule has 6 nitrogen and oxygen atoms in total. The van der Waals surface area contributed by atoms with E-state index in [4.69, 9.17) is 5.26 Å². The third-order valence-electron chi connectivity index (χ3n) is 3.66. The molecule has 1 aromatic heterocycles. The number of benzene rings is 1. The van der Waals surface area contributed by atoms with Gasteiger partial charge < -0.3 is 4.90 Å². The SMILES string of the molecule is N#CN1CCCC(F)(C(=O)Nc2nnc(-c3ccccc3)s2)C1. The molecule has 1 atom stereocenters. The van der Waals surface area contributed by atoms with Gasteiger partial charge in [0.1, 0.15) is 5.01 Å². The van der Waals surface area contributed by atoms with Crippen molar-refractivity contribution in [2.75, 3.05) is 18.4 Å². The number of aromatic nitrogens is 2. The number of nitriles is 1. The number of halogens is 1. The highest BCUT2D eigenvalue weighted by Gasteiger charge is 2.43. The van der Waals surface area contributed by atoms with Crippen LogP contribution < -0.4 is 5.32 Å². The summed E-state index contributed by atoms with van der Waals surface area (Å²) in [6.07, 6.45) is 2.45. The third kappa shape index (κ3) is 3.29. The second kappa shape index (κ2) is 6.30. The Labute approximate surface area is 136 Å². The maximum atomic E-state index is 14.8. The number of carbonyl (C=O) groups excluding carboxylic acids is 1. The smallest absolute Gasteiger partial charge is 0.265 e. The maximum Gasteiger partial charge on any atom is 0.265 e. The van der Waals surface area contributed by atoms with E-state index in [2.05, 4.69) is 15.5 Å². The van der Waals surface area contributed by atoms with Gasteiger partial charge >= 0.3 is 0 Å². The number of alkyl halides is 1. The molecule has 1 N–H and O–H groups in total. The monoisotopic (exact) mass is 331 g/mol. The van der Waals surface area contributed by atoms with Crippen molar-refractivity contribution in [2.24, 2.45) is 0 Å². The second-order valence-corrected chi connectivity index (χ2v) is 6.30. The summed E-state index contributed by atoms with van der Waals surface area (Å²) in [5.74, 6) is -0.770. The summed E-state index contributed by atoms with van der Waals surface area (Å²) < 4.78 is 14.8. The lowest BCUT2D eigenvalue weighted by Gasteiger charge is -2.32. The van der Waals surface area contributed by atoms with Crippen molar-refractivity contribution in [2.45, 2.75) is 18.5 Å². The fourth-order valence-electron chi connectivity index (χ4n) is 2.46. The standard InChI is InChI=1S/C15H14FN5OS/c16-15(7-4-8-21(9-15)10-17)13(22)18-14-20-19-12(23-14)11-5-2-1-3-6-11/h1-3,5-6H,4,7-9H2,(H,18,20,22). The Hall–Kier alpha value is -2.53. The molecule has 0 aliphatic carbocycles. The van der Waals surface area contributed by atoms with Gasteiger partial charge in [0.15, 0.2) is 6.19 Å². The number of piperidine rings is 1. The lowest BCUT2D eigenvalue weighted by Crippen LogP contribution is -2.50. The van der Waals surface area contributed by atoms with Crippen LogP contribution in [0.5, 0.6) is 0 Å². The topological polar surface area (TPSA) is 81.9 Å². The number of nitrogens with zero attached hydrogens (tertiary/aromatic N) is 4. The Morgan fingerprint density at radius 3 is 2.91 bits per heavy atom. The van der Waals surface area contributed by atoms with Crippen molar-refractivity contribution < 1.29 is 9.18 Å². The minimum Gasteiger partial charge on any atom is -0.307 e. The molecule has 1 fully saturated rings. The first-order chi connectivity index (χ1) is 11.1. The van der Waals surface area contributed by atoms with E-state index in [-0.39, 0.29) is 18.1 Å². The summed E-state index contributed by atoms with van der Waals surface area (Å²) in [5.41, 5.74) is -1.19. The number of hydrogen-bond acceptors (Lipinski definition) is 6. The van der Waals surface area contributed by atoms with Crippen LogP contribution in [0.25, 0.3) is 10.6 Å². The van der Waals surface area contributed by atoms with E-state index in [0.717, 1.165) is 5.56 Å². The molecule has 1 aliphatic heterocycles. The van der Waals surface area contributed by atoms with E-state index < -0.39 is 11.6 Å². The molecule has 8 heteroatoms. The minimum absolute atomic E-state index is 0.0986. The summed E-state index contributed by atoms with van der Waals surface area (Å²) >= 11 is 1.18. The molecule has 1 aromatic carbocycles. The Bertz CT molecular complexity index is 744. The van der Waals surface area contributed by atoms with Crippen molar-refractivity contribution in [3.63, 3.8) is 0 Å². The van der Waals surface area contributed by atoms with Crippen LogP contribution >= 0.6 is 11.3 Å². The van der Waals surface area contributed by atoms with E-state index in [0.29, 0.717) is 18.0 Å². The quantitative estimate of drug-likeness (QED) is 0.874. The highest BCUT2D eigenvalue weighted by molar-refractivity contribution is 7.18. The molecule has 23 heavy (non-hydrogen) atoms. The van der Waals surface area contributed by atoms with E-state index in [9.17, 15) is 9.18 Å². The first-order valence-electron chi connectivity index (χ1n) is 7.15. The zero-order valence-corrected chi connectivity index (χ0v) is 13.0. The molecule has 0 spiro atoms. The molecule has 1 aliphatic rings. The van der Waals surface area contributed by atoms with Gasteiger partial charge in [0, 0.05) is 12.1 Å². The van der Waals surface area contributed by atoms with Crippen LogP contribution in [0.15, 0.2) is 30.3 Å². The molecule has 2 aromatic rings. The van der Waals surface area contributed by atoms with Crippen molar-refractivity contribution in [1.29, 1.82) is 5.26 Å². The average molecular weight is 331 g/mol. The van der Waals surface area contributed by atoms with Crippen molar-refractivity contribution in [3.8, 4) is 16.8 Å². The molecule has 1 amide bonds. The average Bonchev–Trinajstić information content (AvgIpc) is 3.04. The molecule has 3 rings (SSSR count). The third-order valence-corrected chi connectivity index (χ3v) is 4.54. The van der Waals surface area contributed by atoms with Gasteiger partial charge in [0.05, 0.1) is 6.54 Å². The zero-order valence-electron chi connectivity index (χ0n) is 12.2. The molecular formula is C15H14FN5OS. The van der Waals surface area contributed by atoms with Crippen LogP contribution in [0.4, 0.5) is 9.52 Å². The number of amides is 1. The summed E-state index contributed by atoms with van der Waals surface area (Å²) in [4.78, 5) is 13.5. The van der Waals surface area contributed by atoms with Crippen LogP contribution in [0.1, 0.15) is 12.8 Å². The molecule has 0 bridgehead atoms. The van der Waals surface area contributed by atoms with Gasteiger partial charge in [-0.1, -0.05) is 41.7 Å². The number of anilines is 1. The Morgan fingerprint density at radius 2 is 2.17 bits per heavy atom. The van der Waals surface area contributed by atoms with Crippen LogP contribution in [0, 0.1) is 11.5 Å². The van der Waals surface area contributed by atoms with Gasteiger partial charge in [-0.05, 0) is 12.8 Å². The highest BCUT2D eigenvalue weighted by atomic mass is 32.1. The summed E-state index contributed by atoms with van der Waals surface area (Å²) in [5, 5.41) is 20.2. The summed E-state index contributed by atoms with van der Waals surface area (Å²) in [6, 6.07) is 9.42. The van der Waals surface area contributed by atoms with E-state index in [1.54, 1.807) is 0 Å². The lowest BCUT2D eigenvalue weighted by atomic mass is 9.94. The molecular weight excluding hydrogens is 317 g/mol. The highest BCUT2D eigenvalue weighted by Crippen LogP contribution is 2.29. The first-order valence-corrected chi connectivity index (χ1v) is 7.96. The van der Waals surface area contributed by atoms with Gasteiger partial charge in [0.25, 0.3) is 5.91 Å². The Balaban J connectivity index is 1.71. The molecule has 0 radical (unpaired) electrons. The van der Waals surface area contributed by atoms with Gasteiger partial charge in [-0.25, -0.2) is 4.39 Å². The van der Waals surface area contributed by atoms with Crippen LogP contribution in [0.3, 0.4) is 0 Å².